The summed E-state index contributed by atoms with van der Waals surface area (Å²) in [4.78, 5) is 0. The van der Waals surface area contributed by atoms with E-state index >= 15 is 0 Å². The van der Waals surface area contributed by atoms with Crippen LogP contribution in [0.4, 0.5) is 5.69 Å². The van der Waals surface area contributed by atoms with Gasteiger partial charge in [-0.15, -0.1) is 0 Å². The molecule has 1 saturated heterocycles. The summed E-state index contributed by atoms with van der Waals surface area (Å²) in [6.07, 6.45) is 2.84. The summed E-state index contributed by atoms with van der Waals surface area (Å²) >= 11 is 0. The van der Waals surface area contributed by atoms with Crippen molar-refractivity contribution in [3.05, 3.63) is 29.8 Å². The van der Waals surface area contributed by atoms with E-state index in [2.05, 4.69) is 34.9 Å². The van der Waals surface area contributed by atoms with Crippen molar-refractivity contribution in [2.45, 2.75) is 25.5 Å². The van der Waals surface area contributed by atoms with Crippen molar-refractivity contribution in [1.29, 1.82) is 0 Å². The van der Waals surface area contributed by atoms with Gasteiger partial charge in [0.25, 0.3) is 0 Å². The Morgan fingerprint density at radius 2 is 2.12 bits per heavy atom. The Morgan fingerprint density at radius 3 is 2.75 bits per heavy atom. The van der Waals surface area contributed by atoms with Crippen LogP contribution < -0.4 is 10.6 Å². The highest BCUT2D eigenvalue weighted by molar-refractivity contribution is 5.43. The van der Waals surface area contributed by atoms with Crippen LogP contribution in [0.15, 0.2) is 24.3 Å². The van der Waals surface area contributed by atoms with E-state index in [0.717, 1.165) is 25.4 Å². The lowest BCUT2D eigenvalue weighted by molar-refractivity contribution is 0.110. The maximum absolute atomic E-state index is 5.55. The van der Waals surface area contributed by atoms with Gasteiger partial charge in [0.2, 0.25) is 0 Å². The molecule has 1 aliphatic rings. The van der Waals surface area contributed by atoms with E-state index in [9.17, 15) is 0 Å². The summed E-state index contributed by atoms with van der Waals surface area (Å²) in [5.74, 6) is 0. The van der Waals surface area contributed by atoms with E-state index in [-0.39, 0.29) is 0 Å². The zero-order chi connectivity index (χ0) is 11.2. The summed E-state index contributed by atoms with van der Waals surface area (Å²) in [7, 11) is 1.94. The lowest BCUT2D eigenvalue weighted by Gasteiger charge is -2.10. The first-order valence-corrected chi connectivity index (χ1v) is 5.97. The van der Waals surface area contributed by atoms with Crippen LogP contribution in [0.1, 0.15) is 18.4 Å². The van der Waals surface area contributed by atoms with Crippen molar-refractivity contribution in [2.75, 3.05) is 25.5 Å². The van der Waals surface area contributed by atoms with Crippen LogP contribution in [0, 0.1) is 0 Å². The van der Waals surface area contributed by atoms with Crippen LogP contribution in [0.2, 0.25) is 0 Å². The minimum absolute atomic E-state index is 0.427. The van der Waals surface area contributed by atoms with Gasteiger partial charge >= 0.3 is 0 Å². The largest absolute Gasteiger partial charge is 0.388 e. The summed E-state index contributed by atoms with van der Waals surface area (Å²) in [5.41, 5.74) is 2.47. The quantitative estimate of drug-likeness (QED) is 0.796. The fourth-order valence-corrected chi connectivity index (χ4v) is 1.97. The van der Waals surface area contributed by atoms with E-state index < -0.39 is 0 Å². The Kier molecular flexibility index (Phi) is 4.19. The molecular formula is C13H20N2O. The van der Waals surface area contributed by atoms with Gasteiger partial charge in [-0.2, -0.15) is 0 Å². The number of benzene rings is 1. The van der Waals surface area contributed by atoms with E-state index in [1.165, 1.54) is 18.4 Å². The Labute approximate surface area is 97.2 Å². The predicted molar refractivity (Wildman–Crippen MR) is 66.7 cm³/mol. The van der Waals surface area contributed by atoms with Gasteiger partial charge in [-0.05, 0) is 30.5 Å². The van der Waals surface area contributed by atoms with E-state index in [4.69, 9.17) is 4.74 Å². The molecule has 1 atom stereocenters. The van der Waals surface area contributed by atoms with Gasteiger partial charge in [0.05, 0.1) is 6.10 Å². The molecule has 0 radical (unpaired) electrons. The van der Waals surface area contributed by atoms with Crippen molar-refractivity contribution in [3.8, 4) is 0 Å². The number of nitrogens with one attached hydrogen (secondary N) is 2. The molecule has 0 unspecified atom stereocenters. The van der Waals surface area contributed by atoms with Crippen molar-refractivity contribution in [1.82, 2.24) is 5.32 Å². The first-order valence-electron chi connectivity index (χ1n) is 5.97. The Balaban J connectivity index is 1.71. The van der Waals surface area contributed by atoms with E-state index in [1.54, 1.807) is 0 Å². The van der Waals surface area contributed by atoms with Gasteiger partial charge in [0.15, 0.2) is 0 Å². The number of hydrogen-bond acceptors (Lipinski definition) is 3. The molecule has 0 saturated carbocycles. The number of rotatable bonds is 5. The highest BCUT2D eigenvalue weighted by atomic mass is 16.5. The van der Waals surface area contributed by atoms with Gasteiger partial charge in [-0.3, -0.25) is 0 Å². The zero-order valence-electron chi connectivity index (χ0n) is 9.83. The smallest absolute Gasteiger partial charge is 0.0700 e. The van der Waals surface area contributed by atoms with Gasteiger partial charge in [0.1, 0.15) is 0 Å². The molecule has 1 fully saturated rings. The van der Waals surface area contributed by atoms with Crippen LogP contribution in [0.25, 0.3) is 0 Å². The summed E-state index contributed by atoms with van der Waals surface area (Å²) in [6, 6.07) is 8.49. The van der Waals surface area contributed by atoms with Crippen molar-refractivity contribution >= 4 is 5.69 Å². The number of ether oxygens (including phenoxy) is 1. The van der Waals surface area contributed by atoms with Crippen molar-refractivity contribution in [2.24, 2.45) is 0 Å². The molecule has 0 bridgehead atoms. The highest BCUT2D eigenvalue weighted by Crippen LogP contribution is 2.11. The van der Waals surface area contributed by atoms with Gasteiger partial charge in [-0.1, -0.05) is 12.1 Å². The van der Waals surface area contributed by atoms with Crippen LogP contribution in [0.3, 0.4) is 0 Å². The minimum Gasteiger partial charge on any atom is -0.388 e. The second-order valence-corrected chi connectivity index (χ2v) is 4.21. The molecule has 0 aromatic heterocycles. The number of anilines is 1. The van der Waals surface area contributed by atoms with Crippen LogP contribution in [-0.4, -0.2) is 26.3 Å². The summed E-state index contributed by atoms with van der Waals surface area (Å²) < 4.78 is 5.55. The van der Waals surface area contributed by atoms with Crippen LogP contribution in [0.5, 0.6) is 0 Å². The zero-order valence-corrected chi connectivity index (χ0v) is 9.83. The molecule has 16 heavy (non-hydrogen) atoms. The fourth-order valence-electron chi connectivity index (χ4n) is 1.97. The topological polar surface area (TPSA) is 33.3 Å². The van der Waals surface area contributed by atoms with Gasteiger partial charge in [0, 0.05) is 32.4 Å². The lowest BCUT2D eigenvalue weighted by Crippen LogP contribution is -2.25. The van der Waals surface area contributed by atoms with E-state index in [0.29, 0.717) is 6.10 Å². The van der Waals surface area contributed by atoms with Gasteiger partial charge in [-0.25, -0.2) is 0 Å². The standard InChI is InChI=1S/C13H20N2O/c1-14-12-6-4-11(5-7-12)9-15-10-13-3-2-8-16-13/h4-7,13-15H,2-3,8-10H2,1H3/t13-/m0/s1. The highest BCUT2D eigenvalue weighted by Gasteiger charge is 2.14. The third-order valence-corrected chi connectivity index (χ3v) is 2.97. The second-order valence-electron chi connectivity index (χ2n) is 4.21. The molecule has 0 amide bonds. The Bertz CT molecular complexity index is 304. The normalized spacial score (nSPS) is 19.9. The second kappa shape index (κ2) is 5.87. The van der Waals surface area contributed by atoms with Gasteiger partial charge < -0.3 is 15.4 Å². The molecule has 1 aromatic rings. The maximum atomic E-state index is 5.55. The minimum atomic E-state index is 0.427. The van der Waals surface area contributed by atoms with Crippen molar-refractivity contribution in [3.63, 3.8) is 0 Å². The predicted octanol–water partition coefficient (Wildman–Crippen LogP) is 2.00. The Hall–Kier alpha value is -1.06. The lowest BCUT2D eigenvalue weighted by atomic mass is 10.2. The fraction of sp³-hybridized carbons (Fsp3) is 0.538. The average molecular weight is 220 g/mol. The molecule has 3 heteroatoms. The third kappa shape index (κ3) is 3.22. The van der Waals surface area contributed by atoms with Crippen LogP contribution >= 0.6 is 0 Å². The molecule has 88 valence electrons. The summed E-state index contributed by atoms with van der Waals surface area (Å²) in [5, 5.41) is 6.55. The average Bonchev–Trinajstić information content (AvgIpc) is 2.83. The maximum Gasteiger partial charge on any atom is 0.0700 e. The molecule has 0 aliphatic carbocycles. The Morgan fingerprint density at radius 1 is 1.31 bits per heavy atom. The first kappa shape index (κ1) is 11.4. The SMILES string of the molecule is CNc1ccc(CNC[C@@H]2CCCO2)cc1. The van der Waals surface area contributed by atoms with Crippen molar-refractivity contribution < 1.29 is 4.74 Å². The monoisotopic (exact) mass is 220 g/mol. The third-order valence-electron chi connectivity index (χ3n) is 2.97. The van der Waals surface area contributed by atoms with E-state index in [1.807, 2.05) is 7.05 Å². The molecule has 1 aliphatic heterocycles. The molecule has 3 nitrogen and oxygen atoms in total. The number of hydrogen-bond donors (Lipinski definition) is 2. The van der Waals surface area contributed by atoms with Crippen LogP contribution in [-0.2, 0) is 11.3 Å². The molecule has 2 rings (SSSR count). The molecular weight excluding hydrogens is 200 g/mol. The molecule has 2 N–H and O–H groups in total. The first-order chi connectivity index (χ1) is 7.88. The molecule has 1 heterocycles. The molecule has 1 aromatic carbocycles. The summed E-state index contributed by atoms with van der Waals surface area (Å²) in [6.45, 7) is 2.82. The molecule has 0 spiro atoms.